The Bertz CT molecular complexity index is 419. The van der Waals surface area contributed by atoms with Crippen LogP contribution >= 0.6 is 0 Å². The number of halogens is 2. The number of hydrogen-bond acceptors (Lipinski definition) is 1. The maximum atomic E-state index is 13.5. The van der Waals surface area contributed by atoms with Crippen LogP contribution in [0.4, 0.5) is 8.78 Å². The van der Waals surface area contributed by atoms with Crippen LogP contribution in [-0.2, 0) is 0 Å². The Kier molecular flexibility index (Phi) is 6.16. The van der Waals surface area contributed by atoms with Gasteiger partial charge in [0, 0.05) is 12.1 Å². The van der Waals surface area contributed by atoms with E-state index in [0.29, 0.717) is 5.92 Å². The molecule has 0 heterocycles. The van der Waals surface area contributed by atoms with E-state index in [9.17, 15) is 8.78 Å². The van der Waals surface area contributed by atoms with Crippen molar-refractivity contribution in [3.63, 3.8) is 0 Å². The quantitative estimate of drug-likeness (QED) is 0.758. The van der Waals surface area contributed by atoms with E-state index in [-0.39, 0.29) is 6.04 Å². The van der Waals surface area contributed by atoms with Crippen molar-refractivity contribution in [3.8, 4) is 0 Å². The van der Waals surface area contributed by atoms with Crippen LogP contribution in [0.25, 0.3) is 0 Å². The second kappa shape index (κ2) is 7.88. The highest BCUT2D eigenvalue weighted by Gasteiger charge is 2.28. The van der Waals surface area contributed by atoms with Gasteiger partial charge >= 0.3 is 0 Å². The Morgan fingerprint density at radius 3 is 2.19 bits per heavy atom. The topological polar surface area (TPSA) is 12.0 Å². The van der Waals surface area contributed by atoms with Crippen molar-refractivity contribution >= 4 is 0 Å². The van der Waals surface area contributed by atoms with Gasteiger partial charge in [0.1, 0.15) is 11.6 Å². The van der Waals surface area contributed by atoms with Crippen molar-refractivity contribution in [2.24, 2.45) is 11.8 Å². The molecule has 1 aliphatic rings. The molecule has 1 nitrogen and oxygen atoms in total. The normalized spacial score (nSPS) is 24.0. The van der Waals surface area contributed by atoms with E-state index in [1.54, 1.807) is 0 Å². The van der Waals surface area contributed by atoms with Gasteiger partial charge in [0.05, 0.1) is 0 Å². The molecule has 1 fully saturated rings. The molecule has 1 N–H and O–H groups in total. The van der Waals surface area contributed by atoms with E-state index in [1.807, 2.05) is 6.92 Å². The highest BCUT2D eigenvalue weighted by Crippen LogP contribution is 2.38. The average molecular weight is 295 g/mol. The van der Waals surface area contributed by atoms with Crippen LogP contribution in [0.15, 0.2) is 18.2 Å². The fourth-order valence-electron chi connectivity index (χ4n) is 3.75. The van der Waals surface area contributed by atoms with Gasteiger partial charge in [-0.05, 0) is 48.9 Å². The summed E-state index contributed by atoms with van der Waals surface area (Å²) in [5, 5.41) is 3.44. The fraction of sp³-hybridized carbons (Fsp3) is 0.667. The summed E-state index contributed by atoms with van der Waals surface area (Å²) < 4.78 is 27.0. The highest BCUT2D eigenvalue weighted by molar-refractivity contribution is 5.22. The maximum absolute atomic E-state index is 13.5. The molecule has 118 valence electrons. The minimum absolute atomic E-state index is 0.0720. The summed E-state index contributed by atoms with van der Waals surface area (Å²) in [6.45, 7) is 5.10. The standard InChI is InChI=1S/C18H27F2N/c1-3-5-13-6-8-14(9-7-13)18(21-4-2)15-10-16(19)12-17(20)11-15/h10-14,18,21H,3-9H2,1-2H3. The first kappa shape index (κ1) is 16.4. The van der Waals surface area contributed by atoms with E-state index >= 15 is 0 Å². The molecule has 3 heteroatoms. The van der Waals surface area contributed by atoms with E-state index in [4.69, 9.17) is 0 Å². The molecule has 0 aliphatic heterocycles. The summed E-state index contributed by atoms with van der Waals surface area (Å²) in [5.74, 6) is 0.372. The van der Waals surface area contributed by atoms with Crippen LogP contribution in [0.3, 0.4) is 0 Å². The van der Waals surface area contributed by atoms with Crippen molar-refractivity contribution in [1.82, 2.24) is 5.32 Å². The second-order valence-corrected chi connectivity index (χ2v) is 6.31. The lowest BCUT2D eigenvalue weighted by atomic mass is 9.75. The monoisotopic (exact) mass is 295 g/mol. The predicted molar refractivity (Wildman–Crippen MR) is 83.1 cm³/mol. The molecular formula is C18H27F2N. The number of nitrogens with one attached hydrogen (secondary N) is 1. The van der Waals surface area contributed by atoms with Gasteiger partial charge in [-0.2, -0.15) is 0 Å². The number of rotatable bonds is 6. The van der Waals surface area contributed by atoms with Gasteiger partial charge in [0.2, 0.25) is 0 Å². The number of hydrogen-bond donors (Lipinski definition) is 1. The van der Waals surface area contributed by atoms with Crippen LogP contribution in [-0.4, -0.2) is 6.54 Å². The minimum Gasteiger partial charge on any atom is -0.310 e. The molecular weight excluding hydrogens is 268 g/mol. The lowest BCUT2D eigenvalue weighted by Gasteiger charge is -2.34. The van der Waals surface area contributed by atoms with Gasteiger partial charge in [-0.3, -0.25) is 0 Å². The van der Waals surface area contributed by atoms with Crippen molar-refractivity contribution in [2.75, 3.05) is 6.54 Å². The van der Waals surface area contributed by atoms with E-state index in [1.165, 1.54) is 37.8 Å². The van der Waals surface area contributed by atoms with Crippen LogP contribution in [0.1, 0.15) is 64.0 Å². The molecule has 21 heavy (non-hydrogen) atoms. The molecule has 0 aromatic heterocycles. The molecule has 0 spiro atoms. The van der Waals surface area contributed by atoms with E-state index in [0.717, 1.165) is 36.9 Å². The molecule has 2 rings (SSSR count). The van der Waals surface area contributed by atoms with Crippen molar-refractivity contribution in [2.45, 2.75) is 58.4 Å². The average Bonchev–Trinajstić information content (AvgIpc) is 2.45. The molecule has 1 saturated carbocycles. The van der Waals surface area contributed by atoms with Gasteiger partial charge in [-0.15, -0.1) is 0 Å². The smallest absolute Gasteiger partial charge is 0.126 e. The molecule has 0 bridgehead atoms. The summed E-state index contributed by atoms with van der Waals surface area (Å²) in [7, 11) is 0. The van der Waals surface area contributed by atoms with Gasteiger partial charge < -0.3 is 5.32 Å². The Balaban J connectivity index is 2.08. The third-order valence-electron chi connectivity index (χ3n) is 4.73. The van der Waals surface area contributed by atoms with Crippen molar-refractivity contribution < 1.29 is 8.78 Å². The molecule has 1 aromatic rings. The Morgan fingerprint density at radius 2 is 1.67 bits per heavy atom. The zero-order chi connectivity index (χ0) is 15.2. The summed E-state index contributed by atoms with van der Waals surface area (Å²) in [5.41, 5.74) is 0.758. The number of benzene rings is 1. The molecule has 1 aromatic carbocycles. The van der Waals surface area contributed by atoms with Crippen molar-refractivity contribution in [1.29, 1.82) is 0 Å². The third kappa shape index (κ3) is 4.50. The van der Waals surface area contributed by atoms with Gasteiger partial charge in [0.25, 0.3) is 0 Å². The predicted octanol–water partition coefficient (Wildman–Crippen LogP) is 5.22. The lowest BCUT2D eigenvalue weighted by Crippen LogP contribution is -2.31. The molecule has 1 unspecified atom stereocenters. The summed E-state index contributed by atoms with van der Waals surface area (Å²) in [4.78, 5) is 0. The first-order chi connectivity index (χ1) is 10.1. The minimum atomic E-state index is -0.479. The van der Waals surface area contributed by atoms with Gasteiger partial charge in [-0.25, -0.2) is 8.78 Å². The van der Waals surface area contributed by atoms with Crippen LogP contribution in [0.2, 0.25) is 0 Å². The van der Waals surface area contributed by atoms with E-state index in [2.05, 4.69) is 12.2 Å². The highest BCUT2D eigenvalue weighted by atomic mass is 19.1. The first-order valence-electron chi connectivity index (χ1n) is 8.33. The second-order valence-electron chi connectivity index (χ2n) is 6.31. The first-order valence-corrected chi connectivity index (χ1v) is 8.33. The lowest BCUT2D eigenvalue weighted by molar-refractivity contribution is 0.215. The molecule has 1 aliphatic carbocycles. The van der Waals surface area contributed by atoms with Crippen LogP contribution in [0, 0.1) is 23.5 Å². The van der Waals surface area contributed by atoms with Crippen LogP contribution in [0.5, 0.6) is 0 Å². The fourth-order valence-corrected chi connectivity index (χ4v) is 3.75. The third-order valence-corrected chi connectivity index (χ3v) is 4.73. The molecule has 1 atom stereocenters. The van der Waals surface area contributed by atoms with Crippen LogP contribution < -0.4 is 5.32 Å². The van der Waals surface area contributed by atoms with Crippen molar-refractivity contribution in [3.05, 3.63) is 35.4 Å². The molecule has 0 amide bonds. The maximum Gasteiger partial charge on any atom is 0.126 e. The Morgan fingerprint density at radius 1 is 1.05 bits per heavy atom. The Labute approximate surface area is 127 Å². The van der Waals surface area contributed by atoms with E-state index < -0.39 is 11.6 Å². The molecule has 0 saturated heterocycles. The largest absolute Gasteiger partial charge is 0.310 e. The molecule has 0 radical (unpaired) electrons. The summed E-state index contributed by atoms with van der Waals surface area (Å²) in [6.07, 6.45) is 7.37. The zero-order valence-electron chi connectivity index (χ0n) is 13.2. The summed E-state index contributed by atoms with van der Waals surface area (Å²) >= 11 is 0. The van der Waals surface area contributed by atoms with Gasteiger partial charge in [-0.1, -0.05) is 39.5 Å². The zero-order valence-corrected chi connectivity index (χ0v) is 13.2. The van der Waals surface area contributed by atoms with Gasteiger partial charge in [0.15, 0.2) is 0 Å². The Hall–Kier alpha value is -0.960. The SMILES string of the molecule is CCCC1CCC(C(NCC)c2cc(F)cc(F)c2)CC1. The summed E-state index contributed by atoms with van der Waals surface area (Å²) in [6, 6.07) is 3.98.